The van der Waals surface area contributed by atoms with Crippen LogP contribution in [0.15, 0.2) is 60.0 Å². The lowest BCUT2D eigenvalue weighted by Gasteiger charge is -2.20. The second kappa shape index (κ2) is 7.23. The third-order valence-corrected chi connectivity index (χ3v) is 5.48. The van der Waals surface area contributed by atoms with E-state index in [1.165, 1.54) is 32.4 Å². The van der Waals surface area contributed by atoms with Gasteiger partial charge in [0.2, 0.25) is 9.84 Å². The highest BCUT2D eigenvalue weighted by Crippen LogP contribution is 2.39. The Hall–Kier alpha value is -2.41. The summed E-state index contributed by atoms with van der Waals surface area (Å²) in [6.45, 7) is 3.62. The molecule has 25 heavy (non-hydrogen) atoms. The molecule has 0 spiro atoms. The molecule has 0 aromatic heterocycles. The molecule has 134 valence electrons. The van der Waals surface area contributed by atoms with Crippen LogP contribution in [0.5, 0.6) is 11.5 Å². The summed E-state index contributed by atoms with van der Waals surface area (Å²) in [5, 5.41) is -4.01. The topological polar surface area (TPSA) is 52.6 Å². The number of ether oxygens (including phenoxy) is 2. The number of benzene rings is 2. The van der Waals surface area contributed by atoms with Crippen LogP contribution in [0, 0.1) is 0 Å². The van der Waals surface area contributed by atoms with Crippen molar-refractivity contribution in [3.8, 4) is 11.5 Å². The van der Waals surface area contributed by atoms with Gasteiger partial charge in [-0.3, -0.25) is 0 Å². The lowest BCUT2D eigenvalue weighted by Crippen LogP contribution is -2.29. The van der Waals surface area contributed by atoms with E-state index in [0.717, 1.165) is 12.1 Å². The van der Waals surface area contributed by atoms with Gasteiger partial charge >= 0.3 is 5.25 Å². The van der Waals surface area contributed by atoms with Gasteiger partial charge in [0.25, 0.3) is 0 Å². The van der Waals surface area contributed by atoms with E-state index >= 15 is 0 Å². The molecule has 0 radical (unpaired) electrons. The van der Waals surface area contributed by atoms with Crippen LogP contribution >= 0.6 is 0 Å². The van der Waals surface area contributed by atoms with Crippen molar-refractivity contribution in [2.24, 2.45) is 0 Å². The fourth-order valence-corrected chi connectivity index (χ4v) is 3.53. The predicted octanol–water partition coefficient (Wildman–Crippen LogP) is 4.17. The van der Waals surface area contributed by atoms with E-state index in [2.05, 4.69) is 6.58 Å². The molecule has 0 aliphatic carbocycles. The van der Waals surface area contributed by atoms with E-state index < -0.39 is 26.4 Å². The van der Waals surface area contributed by atoms with Crippen molar-refractivity contribution >= 4 is 15.4 Å². The van der Waals surface area contributed by atoms with Crippen LogP contribution in [0.1, 0.15) is 12.0 Å². The normalized spacial score (nSPS) is 11.8. The average molecular weight is 368 g/mol. The molecular formula is C18H18F2O4S. The lowest BCUT2D eigenvalue weighted by molar-refractivity contribution is 0.0981. The zero-order valence-corrected chi connectivity index (χ0v) is 14.6. The van der Waals surface area contributed by atoms with E-state index in [0.29, 0.717) is 11.5 Å². The zero-order chi connectivity index (χ0) is 18.7. The molecule has 4 nitrogen and oxygen atoms in total. The molecular weight excluding hydrogens is 350 g/mol. The monoisotopic (exact) mass is 368 g/mol. The summed E-state index contributed by atoms with van der Waals surface area (Å²) in [5.74, 6) is 0.727. The molecule has 0 aliphatic heterocycles. The summed E-state index contributed by atoms with van der Waals surface area (Å²) in [6, 6.07) is 11.2. The minimum absolute atomic E-state index is 0.0692. The van der Waals surface area contributed by atoms with Crippen LogP contribution in [0.3, 0.4) is 0 Å². The maximum absolute atomic E-state index is 14.5. The van der Waals surface area contributed by atoms with E-state index in [9.17, 15) is 17.2 Å². The Morgan fingerprint density at radius 3 is 2.28 bits per heavy atom. The van der Waals surface area contributed by atoms with Crippen LogP contribution in [0.25, 0.3) is 5.57 Å². The summed E-state index contributed by atoms with van der Waals surface area (Å²) in [4.78, 5) is -0.439. The van der Waals surface area contributed by atoms with E-state index in [4.69, 9.17) is 9.47 Å². The molecule has 0 saturated carbocycles. The molecule has 0 heterocycles. The molecule has 7 heteroatoms. The first-order chi connectivity index (χ1) is 11.7. The number of rotatable bonds is 7. The molecule has 0 unspecified atom stereocenters. The van der Waals surface area contributed by atoms with Gasteiger partial charge < -0.3 is 9.47 Å². The average Bonchev–Trinajstić information content (AvgIpc) is 2.61. The largest absolute Gasteiger partial charge is 0.497 e. The Kier molecular flexibility index (Phi) is 5.47. The summed E-state index contributed by atoms with van der Waals surface area (Å²) in [7, 11) is -2.02. The fraction of sp³-hybridized carbons (Fsp3) is 0.222. The van der Waals surface area contributed by atoms with Crippen LogP contribution in [-0.4, -0.2) is 27.9 Å². The molecule has 0 bridgehead atoms. The Morgan fingerprint density at radius 2 is 1.72 bits per heavy atom. The molecule has 2 aromatic carbocycles. The number of hydrogen-bond donors (Lipinski definition) is 0. The SMILES string of the molecule is C=C(CC(F)(F)S(=O)(=O)c1ccccc1)c1cc(OC)ccc1OC. The van der Waals surface area contributed by atoms with E-state index in [1.807, 2.05) is 0 Å². The first-order valence-corrected chi connectivity index (χ1v) is 8.79. The van der Waals surface area contributed by atoms with Crippen molar-refractivity contribution in [2.45, 2.75) is 16.6 Å². The molecule has 0 amide bonds. The Morgan fingerprint density at radius 1 is 1.08 bits per heavy atom. The van der Waals surface area contributed by atoms with Crippen molar-refractivity contribution < 1.29 is 26.7 Å². The number of sulfone groups is 1. The van der Waals surface area contributed by atoms with Crippen molar-refractivity contribution in [3.05, 3.63) is 60.7 Å². The van der Waals surface area contributed by atoms with Gasteiger partial charge in [-0.2, -0.15) is 8.78 Å². The van der Waals surface area contributed by atoms with Gasteiger partial charge in [-0.05, 0) is 35.9 Å². The van der Waals surface area contributed by atoms with Crippen LogP contribution in [0.2, 0.25) is 0 Å². The molecule has 0 atom stereocenters. The van der Waals surface area contributed by atoms with Crippen molar-refractivity contribution in [3.63, 3.8) is 0 Å². The van der Waals surface area contributed by atoms with Gasteiger partial charge in [-0.1, -0.05) is 24.8 Å². The second-order valence-corrected chi connectivity index (χ2v) is 7.38. The van der Waals surface area contributed by atoms with Gasteiger partial charge in [-0.25, -0.2) is 8.42 Å². The van der Waals surface area contributed by atoms with E-state index in [-0.39, 0.29) is 11.1 Å². The smallest absolute Gasteiger partial charge is 0.354 e. The number of alkyl halides is 2. The van der Waals surface area contributed by atoms with Gasteiger partial charge in [-0.15, -0.1) is 0 Å². The van der Waals surface area contributed by atoms with Crippen LogP contribution in [-0.2, 0) is 9.84 Å². The third kappa shape index (κ3) is 3.82. The minimum Gasteiger partial charge on any atom is -0.497 e. The lowest BCUT2D eigenvalue weighted by atomic mass is 10.0. The highest BCUT2D eigenvalue weighted by Gasteiger charge is 2.46. The van der Waals surface area contributed by atoms with Crippen molar-refractivity contribution in [1.82, 2.24) is 0 Å². The van der Waals surface area contributed by atoms with Crippen LogP contribution in [0.4, 0.5) is 8.78 Å². The first kappa shape index (κ1) is 18.9. The highest BCUT2D eigenvalue weighted by atomic mass is 32.2. The summed E-state index contributed by atoms with van der Waals surface area (Å²) in [6.07, 6.45) is -1.06. The quantitative estimate of drug-likeness (QED) is 0.736. The molecule has 0 fully saturated rings. The summed E-state index contributed by atoms with van der Waals surface area (Å²) < 4.78 is 63.8. The Bertz CT molecular complexity index is 862. The maximum atomic E-state index is 14.5. The highest BCUT2D eigenvalue weighted by molar-refractivity contribution is 7.92. The molecule has 0 saturated heterocycles. The van der Waals surface area contributed by atoms with E-state index in [1.54, 1.807) is 18.2 Å². The molecule has 0 N–H and O–H groups in total. The minimum atomic E-state index is -4.84. The van der Waals surface area contributed by atoms with Crippen molar-refractivity contribution in [2.75, 3.05) is 14.2 Å². The number of halogens is 2. The molecule has 0 aliphatic rings. The molecule has 2 rings (SSSR count). The first-order valence-electron chi connectivity index (χ1n) is 7.30. The molecule has 2 aromatic rings. The Balaban J connectivity index is 2.36. The van der Waals surface area contributed by atoms with Gasteiger partial charge in [0.1, 0.15) is 11.5 Å². The fourth-order valence-electron chi connectivity index (χ4n) is 2.30. The maximum Gasteiger partial charge on any atom is 0.354 e. The number of methoxy groups -OCH3 is 2. The summed E-state index contributed by atoms with van der Waals surface area (Å²) >= 11 is 0. The number of allylic oxidation sites excluding steroid dienone is 1. The Labute approximate surface area is 145 Å². The van der Waals surface area contributed by atoms with Gasteiger partial charge in [0.05, 0.1) is 25.5 Å². The summed E-state index contributed by atoms with van der Waals surface area (Å²) in [5.41, 5.74) is 0.199. The van der Waals surface area contributed by atoms with Crippen LogP contribution < -0.4 is 9.47 Å². The zero-order valence-electron chi connectivity index (χ0n) is 13.8. The predicted molar refractivity (Wildman–Crippen MR) is 91.8 cm³/mol. The van der Waals surface area contributed by atoms with Gasteiger partial charge in [0, 0.05) is 5.56 Å². The van der Waals surface area contributed by atoms with Crippen molar-refractivity contribution in [1.29, 1.82) is 0 Å². The second-order valence-electron chi connectivity index (χ2n) is 5.30. The third-order valence-electron chi connectivity index (χ3n) is 3.65. The standard InChI is InChI=1S/C18H18F2O4S/c1-13(16-11-14(23-2)9-10-17(16)24-3)12-18(19,20)25(21,22)15-7-5-4-6-8-15/h4-11H,1,12H2,2-3H3. The number of hydrogen-bond acceptors (Lipinski definition) is 4. The van der Waals surface area contributed by atoms with Gasteiger partial charge in [0.15, 0.2) is 0 Å².